The van der Waals surface area contributed by atoms with Gasteiger partial charge in [0.25, 0.3) is 11.8 Å². The second kappa shape index (κ2) is 8.34. The maximum Gasteiger partial charge on any atom is 0.256 e. The molecule has 0 spiro atoms. The summed E-state index contributed by atoms with van der Waals surface area (Å²) in [6.07, 6.45) is 4.35. The fraction of sp³-hybridized carbons (Fsp3) is 0.375. The van der Waals surface area contributed by atoms with Gasteiger partial charge >= 0.3 is 0 Å². The number of carbonyl (C=O) groups is 1. The highest BCUT2D eigenvalue weighted by atomic mass is 19.2. The number of amides is 1. The number of fused-ring (bicyclic) bond motifs is 4. The molecular weight excluding hydrogens is 449 g/mol. The third kappa shape index (κ3) is 3.39. The predicted octanol–water partition coefficient (Wildman–Crippen LogP) is 4.21. The van der Waals surface area contributed by atoms with Crippen LogP contribution in [0.1, 0.15) is 46.9 Å². The molecule has 0 radical (unpaired) electrons. The Bertz CT molecular complexity index is 1270. The molecule has 1 aromatic carbocycles. The first kappa shape index (κ1) is 22.2. The maximum atomic E-state index is 14.0. The van der Waals surface area contributed by atoms with Crippen molar-refractivity contribution in [2.45, 2.75) is 37.8 Å². The third-order valence-electron chi connectivity index (χ3n) is 6.65. The summed E-state index contributed by atoms with van der Waals surface area (Å²) in [6, 6.07) is 3.16. The van der Waals surface area contributed by atoms with Crippen LogP contribution in [-0.4, -0.2) is 45.8 Å². The van der Waals surface area contributed by atoms with Gasteiger partial charge in [0.05, 0.1) is 37.2 Å². The molecule has 2 aromatic heterocycles. The lowest BCUT2D eigenvalue weighted by Gasteiger charge is -2.45. The molecule has 0 unspecified atom stereocenters. The quantitative estimate of drug-likeness (QED) is 0.532. The second-order valence-electron chi connectivity index (χ2n) is 8.54. The van der Waals surface area contributed by atoms with E-state index in [2.05, 4.69) is 10.1 Å². The predicted molar refractivity (Wildman–Crippen MR) is 116 cm³/mol. The Balaban J connectivity index is 1.56. The molecule has 2 bridgehead atoms. The van der Waals surface area contributed by atoms with Gasteiger partial charge in [0.2, 0.25) is 0 Å². The average molecular weight is 472 g/mol. The summed E-state index contributed by atoms with van der Waals surface area (Å²) in [6.45, 7) is 0. The van der Waals surface area contributed by atoms with Gasteiger partial charge in [-0.15, -0.1) is 0 Å². The molecule has 2 aliphatic rings. The molecule has 7 nitrogen and oxygen atoms in total. The van der Waals surface area contributed by atoms with Crippen LogP contribution in [-0.2, 0) is 13.5 Å². The van der Waals surface area contributed by atoms with Crippen molar-refractivity contribution < 1.29 is 27.4 Å². The number of piperidine rings is 1. The summed E-state index contributed by atoms with van der Waals surface area (Å²) in [5, 5.41) is 4.64. The summed E-state index contributed by atoms with van der Waals surface area (Å²) in [5.74, 6) is -3.56. The molecule has 0 N–H and O–H groups in total. The molecule has 10 heteroatoms. The van der Waals surface area contributed by atoms with Gasteiger partial charge < -0.3 is 14.4 Å². The molecule has 2 atom stereocenters. The lowest BCUT2D eigenvalue weighted by Crippen LogP contribution is -2.49. The Morgan fingerprint density at radius 1 is 1.09 bits per heavy atom. The van der Waals surface area contributed by atoms with Gasteiger partial charge in [0.1, 0.15) is 0 Å². The molecule has 2 aliphatic heterocycles. The van der Waals surface area contributed by atoms with Crippen LogP contribution >= 0.6 is 0 Å². The van der Waals surface area contributed by atoms with Crippen molar-refractivity contribution in [2.24, 2.45) is 7.05 Å². The minimum absolute atomic E-state index is 0.120. The Morgan fingerprint density at radius 2 is 1.82 bits per heavy atom. The number of aromatic nitrogens is 3. The molecule has 34 heavy (non-hydrogen) atoms. The van der Waals surface area contributed by atoms with E-state index in [4.69, 9.17) is 9.47 Å². The smallest absolute Gasteiger partial charge is 0.256 e. The van der Waals surface area contributed by atoms with E-state index in [0.717, 1.165) is 30.5 Å². The molecule has 178 valence electrons. The number of ether oxygens (including phenoxy) is 2. The topological polar surface area (TPSA) is 69.5 Å². The van der Waals surface area contributed by atoms with Gasteiger partial charge in [0.15, 0.2) is 23.2 Å². The van der Waals surface area contributed by atoms with Crippen molar-refractivity contribution in [3.8, 4) is 22.9 Å². The van der Waals surface area contributed by atoms with Gasteiger partial charge in [-0.3, -0.25) is 9.48 Å². The summed E-state index contributed by atoms with van der Waals surface area (Å²) in [7, 11) is 4.63. The van der Waals surface area contributed by atoms with Crippen LogP contribution in [0.5, 0.6) is 11.6 Å². The van der Waals surface area contributed by atoms with Crippen LogP contribution in [0, 0.1) is 17.5 Å². The molecule has 3 aromatic rings. The fourth-order valence-corrected chi connectivity index (χ4v) is 5.20. The number of halogens is 3. The van der Waals surface area contributed by atoms with Crippen LogP contribution in [0.25, 0.3) is 11.3 Å². The minimum atomic E-state index is -1.50. The van der Waals surface area contributed by atoms with Crippen LogP contribution in [0.2, 0.25) is 0 Å². The summed E-state index contributed by atoms with van der Waals surface area (Å²) >= 11 is 0. The van der Waals surface area contributed by atoms with E-state index in [0.29, 0.717) is 35.5 Å². The minimum Gasteiger partial charge on any atom is -0.491 e. The Hall–Kier alpha value is -3.56. The van der Waals surface area contributed by atoms with Gasteiger partial charge in [-0.05, 0) is 37.8 Å². The van der Waals surface area contributed by atoms with Gasteiger partial charge in [-0.2, -0.15) is 5.10 Å². The Morgan fingerprint density at radius 3 is 2.50 bits per heavy atom. The third-order valence-corrected chi connectivity index (χ3v) is 6.65. The molecule has 0 saturated carbocycles. The largest absolute Gasteiger partial charge is 0.491 e. The number of nitrogens with zero attached hydrogens (tertiary/aromatic N) is 4. The molecule has 4 heterocycles. The molecule has 5 rings (SSSR count). The van der Waals surface area contributed by atoms with E-state index in [1.165, 1.54) is 20.4 Å². The van der Waals surface area contributed by atoms with Crippen molar-refractivity contribution in [2.75, 3.05) is 14.2 Å². The second-order valence-corrected chi connectivity index (χ2v) is 8.54. The zero-order valence-corrected chi connectivity index (χ0v) is 18.9. The van der Waals surface area contributed by atoms with E-state index in [-0.39, 0.29) is 29.4 Å². The summed E-state index contributed by atoms with van der Waals surface area (Å²) < 4.78 is 53.5. The zero-order chi connectivity index (χ0) is 24.1. The monoisotopic (exact) mass is 472 g/mol. The number of benzene rings is 1. The Labute approximate surface area is 194 Å². The Kier molecular flexibility index (Phi) is 5.45. The highest BCUT2D eigenvalue weighted by molar-refractivity contribution is 5.95. The van der Waals surface area contributed by atoms with E-state index >= 15 is 0 Å². The standard InChI is InChI=1S/C24H23F3N4O3/c1-30-22(12-7-16(25)20(27)17(26)8-12)15-10-14-5-4-6-18(21(15)29-30)31(14)24(32)13-9-19(33-2)23(34-3)28-11-13/h7-9,11,14,18H,4-6,10H2,1-3H3/t14-,18+/m0/s1. The van der Waals surface area contributed by atoms with Crippen LogP contribution in [0.4, 0.5) is 13.2 Å². The van der Waals surface area contributed by atoms with Crippen LogP contribution in [0.3, 0.4) is 0 Å². The highest BCUT2D eigenvalue weighted by Gasteiger charge is 2.43. The first-order chi connectivity index (χ1) is 16.3. The number of rotatable bonds is 4. The summed E-state index contributed by atoms with van der Waals surface area (Å²) in [4.78, 5) is 19.6. The van der Waals surface area contributed by atoms with E-state index in [9.17, 15) is 18.0 Å². The normalized spacial score (nSPS) is 19.1. The highest BCUT2D eigenvalue weighted by Crippen LogP contribution is 2.45. The van der Waals surface area contributed by atoms with E-state index in [1.54, 1.807) is 17.8 Å². The first-order valence-corrected chi connectivity index (χ1v) is 10.9. The number of hydrogen-bond donors (Lipinski definition) is 0. The maximum absolute atomic E-state index is 14.0. The lowest BCUT2D eigenvalue weighted by molar-refractivity contribution is 0.0391. The number of aryl methyl sites for hydroxylation is 1. The van der Waals surface area contributed by atoms with Crippen molar-refractivity contribution in [3.05, 3.63) is 58.7 Å². The van der Waals surface area contributed by atoms with E-state index in [1.807, 2.05) is 4.90 Å². The molecule has 1 saturated heterocycles. The van der Waals surface area contributed by atoms with Gasteiger partial charge in [-0.25, -0.2) is 18.2 Å². The average Bonchev–Trinajstić information content (AvgIpc) is 3.16. The fourth-order valence-electron chi connectivity index (χ4n) is 5.20. The summed E-state index contributed by atoms with van der Waals surface area (Å²) in [5.41, 5.74) is 2.65. The molecule has 0 aliphatic carbocycles. The molecule has 1 fully saturated rings. The SMILES string of the molecule is COc1cc(C(=O)N2[C@H]3CCC[C@@H]2c2nn(C)c(-c4cc(F)c(F)c(F)c4)c2C3)cnc1OC. The van der Waals surface area contributed by atoms with Crippen molar-refractivity contribution in [1.82, 2.24) is 19.7 Å². The number of pyridine rings is 1. The van der Waals surface area contributed by atoms with Crippen molar-refractivity contribution in [1.29, 1.82) is 0 Å². The number of hydrogen-bond acceptors (Lipinski definition) is 5. The zero-order valence-electron chi connectivity index (χ0n) is 18.9. The lowest BCUT2D eigenvalue weighted by atomic mass is 9.81. The van der Waals surface area contributed by atoms with Crippen molar-refractivity contribution in [3.63, 3.8) is 0 Å². The number of carbonyl (C=O) groups excluding carboxylic acids is 1. The van der Waals surface area contributed by atoms with Gasteiger partial charge in [0, 0.05) is 36.5 Å². The molecule has 1 amide bonds. The van der Waals surface area contributed by atoms with Crippen molar-refractivity contribution >= 4 is 5.91 Å². The van der Waals surface area contributed by atoms with Crippen LogP contribution < -0.4 is 9.47 Å². The molecular formula is C24H23F3N4O3. The number of methoxy groups -OCH3 is 2. The van der Waals surface area contributed by atoms with Gasteiger partial charge in [-0.1, -0.05) is 0 Å². The van der Waals surface area contributed by atoms with E-state index < -0.39 is 17.5 Å². The first-order valence-electron chi connectivity index (χ1n) is 10.9. The van der Waals surface area contributed by atoms with Crippen LogP contribution in [0.15, 0.2) is 24.4 Å².